The molecule has 0 fully saturated rings. The fraction of sp³-hybridized carbons (Fsp3) is 0.0833. The number of ketones is 1. The van der Waals surface area contributed by atoms with Gasteiger partial charge in [-0.05, 0) is 48.0 Å². The van der Waals surface area contributed by atoms with Gasteiger partial charge in [-0.1, -0.05) is 48.5 Å². The van der Waals surface area contributed by atoms with E-state index in [-0.39, 0.29) is 12.4 Å². The molecule has 0 aliphatic rings. The summed E-state index contributed by atoms with van der Waals surface area (Å²) in [6.07, 6.45) is 3.18. The van der Waals surface area contributed by atoms with Crippen LogP contribution in [0.1, 0.15) is 21.5 Å². The highest BCUT2D eigenvalue weighted by atomic mass is 16.5. The van der Waals surface area contributed by atoms with E-state index in [0.29, 0.717) is 23.7 Å². The zero-order chi connectivity index (χ0) is 19.6. The van der Waals surface area contributed by atoms with Crippen molar-refractivity contribution in [3.05, 3.63) is 102 Å². The maximum atomic E-state index is 12.4. The topological polar surface area (TPSA) is 59.3 Å². The smallest absolute Gasteiger partial charge is 0.185 e. The van der Waals surface area contributed by atoms with Crippen molar-refractivity contribution in [2.45, 2.75) is 6.61 Å². The Labute approximate surface area is 164 Å². The molecule has 0 radical (unpaired) electrons. The number of allylic oxidation sites excluding steroid dienone is 1. The molecule has 3 aromatic carbocycles. The highest BCUT2D eigenvalue weighted by molar-refractivity contribution is 6.07. The van der Waals surface area contributed by atoms with E-state index in [9.17, 15) is 4.79 Å². The lowest BCUT2D eigenvalue weighted by atomic mass is 10.1. The molecular weight excluding hydrogens is 350 g/mol. The Morgan fingerprint density at radius 1 is 0.893 bits per heavy atom. The maximum absolute atomic E-state index is 12.4. The van der Waals surface area contributed by atoms with Gasteiger partial charge >= 0.3 is 0 Å². The number of benzene rings is 3. The van der Waals surface area contributed by atoms with E-state index >= 15 is 0 Å². The predicted octanol–water partition coefficient (Wildman–Crippen LogP) is 5.06. The van der Waals surface area contributed by atoms with Crippen molar-refractivity contribution in [1.29, 1.82) is 5.26 Å². The molecule has 3 aromatic rings. The van der Waals surface area contributed by atoms with Crippen molar-refractivity contribution in [3.63, 3.8) is 0 Å². The molecule has 0 atom stereocenters. The third-order valence-corrected chi connectivity index (χ3v) is 4.01. The molecule has 0 aliphatic heterocycles. The molecule has 0 heterocycles. The summed E-state index contributed by atoms with van der Waals surface area (Å²) < 4.78 is 11.1. The molecule has 0 bridgehead atoms. The number of nitriles is 1. The summed E-state index contributed by atoms with van der Waals surface area (Å²) in [6.45, 7) is 0.441. The quantitative estimate of drug-likeness (QED) is 0.411. The minimum Gasteiger partial charge on any atom is -0.489 e. The van der Waals surface area contributed by atoms with Gasteiger partial charge in [-0.15, -0.1) is 0 Å². The second kappa shape index (κ2) is 9.75. The van der Waals surface area contributed by atoms with E-state index in [0.717, 1.165) is 11.1 Å². The van der Waals surface area contributed by atoms with Crippen LogP contribution >= 0.6 is 0 Å². The Kier molecular flexibility index (Phi) is 6.59. The second-order valence-electron chi connectivity index (χ2n) is 5.98. The van der Waals surface area contributed by atoms with Gasteiger partial charge in [-0.25, -0.2) is 0 Å². The molecule has 0 unspecified atom stereocenters. The molecule has 138 valence electrons. The largest absolute Gasteiger partial charge is 0.489 e. The van der Waals surface area contributed by atoms with E-state index in [2.05, 4.69) is 0 Å². The van der Waals surface area contributed by atoms with Crippen LogP contribution in [-0.4, -0.2) is 12.4 Å². The first-order chi connectivity index (χ1) is 13.8. The number of nitrogens with zero attached hydrogens (tertiary/aromatic N) is 1. The number of hydrogen-bond acceptors (Lipinski definition) is 4. The number of hydrogen-bond donors (Lipinski definition) is 0. The van der Waals surface area contributed by atoms with Crippen LogP contribution in [0.25, 0.3) is 6.08 Å². The molecule has 4 heteroatoms. The van der Waals surface area contributed by atoms with Crippen molar-refractivity contribution in [1.82, 2.24) is 0 Å². The summed E-state index contributed by atoms with van der Waals surface area (Å²) in [4.78, 5) is 12.4. The van der Waals surface area contributed by atoms with Gasteiger partial charge in [0, 0.05) is 11.1 Å². The summed E-state index contributed by atoms with van der Waals surface area (Å²) in [5.74, 6) is 1.15. The van der Waals surface area contributed by atoms with Gasteiger partial charge in [-0.2, -0.15) is 5.26 Å². The molecule has 3 rings (SSSR count). The molecule has 0 N–H and O–H groups in total. The molecule has 0 amide bonds. The van der Waals surface area contributed by atoms with E-state index in [4.69, 9.17) is 14.7 Å². The monoisotopic (exact) mass is 369 g/mol. The van der Waals surface area contributed by atoms with Crippen LogP contribution in [0.5, 0.6) is 11.5 Å². The van der Waals surface area contributed by atoms with Crippen molar-refractivity contribution < 1.29 is 14.3 Å². The van der Waals surface area contributed by atoms with Crippen LogP contribution in [-0.2, 0) is 6.61 Å². The highest BCUT2D eigenvalue weighted by Gasteiger charge is 2.04. The lowest BCUT2D eigenvalue weighted by molar-refractivity contribution is 0.104. The molecule has 28 heavy (non-hydrogen) atoms. The standard InChI is InChI=1S/C24H19NO3/c25-16-17-27-24-9-5-4-8-21(24)12-15-23(26)20-10-13-22(14-11-20)28-18-19-6-2-1-3-7-19/h1-15H,17-18H2/b15-12+. The Morgan fingerprint density at radius 2 is 1.61 bits per heavy atom. The number of ether oxygens (including phenoxy) is 2. The molecule has 0 aliphatic carbocycles. The second-order valence-corrected chi connectivity index (χ2v) is 5.98. The number of para-hydroxylation sites is 1. The van der Waals surface area contributed by atoms with E-state index in [1.807, 2.05) is 54.6 Å². The van der Waals surface area contributed by atoms with Crippen molar-refractivity contribution in [2.75, 3.05) is 6.61 Å². The van der Waals surface area contributed by atoms with E-state index in [1.165, 1.54) is 6.08 Å². The van der Waals surface area contributed by atoms with Gasteiger partial charge in [0.15, 0.2) is 12.4 Å². The SMILES string of the molecule is N#CCOc1ccccc1/C=C/C(=O)c1ccc(OCc2ccccc2)cc1. The van der Waals surface area contributed by atoms with Gasteiger partial charge in [-0.3, -0.25) is 4.79 Å². The fourth-order valence-corrected chi connectivity index (χ4v) is 2.58. The maximum Gasteiger partial charge on any atom is 0.185 e. The first-order valence-corrected chi connectivity index (χ1v) is 8.84. The number of rotatable bonds is 8. The lowest BCUT2D eigenvalue weighted by Gasteiger charge is -2.07. The number of carbonyl (C=O) groups excluding carboxylic acids is 1. The highest BCUT2D eigenvalue weighted by Crippen LogP contribution is 2.20. The molecular formula is C24H19NO3. The molecule has 0 saturated carbocycles. The minimum absolute atomic E-state index is 0.0384. The first kappa shape index (κ1) is 18.9. The van der Waals surface area contributed by atoms with Gasteiger partial charge in [0.1, 0.15) is 24.2 Å². The van der Waals surface area contributed by atoms with Crippen LogP contribution in [0.4, 0.5) is 0 Å². The summed E-state index contributed by atoms with van der Waals surface area (Å²) in [5.41, 5.74) is 2.40. The van der Waals surface area contributed by atoms with Crippen LogP contribution in [0.2, 0.25) is 0 Å². The lowest BCUT2D eigenvalue weighted by Crippen LogP contribution is -1.98. The average molecular weight is 369 g/mol. The third kappa shape index (κ3) is 5.33. The van der Waals surface area contributed by atoms with Crippen molar-refractivity contribution in [3.8, 4) is 17.6 Å². The third-order valence-electron chi connectivity index (χ3n) is 4.01. The Bertz CT molecular complexity index is 986. The zero-order valence-electron chi connectivity index (χ0n) is 15.2. The Hall–Kier alpha value is -3.84. The zero-order valence-corrected chi connectivity index (χ0v) is 15.2. The van der Waals surface area contributed by atoms with E-state index in [1.54, 1.807) is 36.4 Å². The number of carbonyl (C=O) groups is 1. The van der Waals surface area contributed by atoms with Gasteiger partial charge < -0.3 is 9.47 Å². The van der Waals surface area contributed by atoms with Crippen molar-refractivity contribution in [2.24, 2.45) is 0 Å². The minimum atomic E-state index is -0.121. The van der Waals surface area contributed by atoms with Crippen LogP contribution in [0.3, 0.4) is 0 Å². The average Bonchev–Trinajstić information content (AvgIpc) is 2.76. The summed E-state index contributed by atoms with van der Waals surface area (Å²) >= 11 is 0. The van der Waals surface area contributed by atoms with Gasteiger partial charge in [0.05, 0.1) is 0 Å². The molecule has 0 aromatic heterocycles. The molecule has 4 nitrogen and oxygen atoms in total. The summed E-state index contributed by atoms with van der Waals surface area (Å²) in [7, 11) is 0. The van der Waals surface area contributed by atoms with Crippen LogP contribution < -0.4 is 9.47 Å². The summed E-state index contributed by atoms with van der Waals surface area (Å²) in [5, 5.41) is 8.65. The molecule has 0 saturated heterocycles. The predicted molar refractivity (Wildman–Crippen MR) is 108 cm³/mol. The van der Waals surface area contributed by atoms with Gasteiger partial charge in [0.25, 0.3) is 0 Å². The fourth-order valence-electron chi connectivity index (χ4n) is 2.58. The normalized spacial score (nSPS) is 10.4. The van der Waals surface area contributed by atoms with Crippen LogP contribution in [0, 0.1) is 11.3 Å². The first-order valence-electron chi connectivity index (χ1n) is 8.84. The Morgan fingerprint density at radius 3 is 2.36 bits per heavy atom. The van der Waals surface area contributed by atoms with Crippen molar-refractivity contribution >= 4 is 11.9 Å². The van der Waals surface area contributed by atoms with Gasteiger partial charge in [0.2, 0.25) is 0 Å². The Balaban J connectivity index is 1.62. The van der Waals surface area contributed by atoms with Crippen LogP contribution in [0.15, 0.2) is 84.9 Å². The van der Waals surface area contributed by atoms with E-state index < -0.39 is 0 Å². The molecule has 0 spiro atoms. The summed E-state index contributed by atoms with van der Waals surface area (Å²) in [6, 6.07) is 26.2.